The van der Waals surface area contributed by atoms with Crippen molar-refractivity contribution in [3.05, 3.63) is 41.2 Å². The monoisotopic (exact) mass is 386 g/mol. The topological polar surface area (TPSA) is 71.3 Å². The van der Waals surface area contributed by atoms with Crippen molar-refractivity contribution in [1.82, 2.24) is 4.57 Å². The van der Waals surface area contributed by atoms with Crippen LogP contribution in [0.5, 0.6) is 23.0 Å². The lowest BCUT2D eigenvalue weighted by atomic mass is 10.3. The molecule has 2 heterocycles. The molecule has 0 radical (unpaired) electrons. The van der Waals surface area contributed by atoms with Gasteiger partial charge in [-0.3, -0.25) is 4.79 Å². The summed E-state index contributed by atoms with van der Waals surface area (Å²) in [6.45, 7) is 0.918. The summed E-state index contributed by atoms with van der Waals surface area (Å²) in [6.07, 6.45) is 0. The van der Waals surface area contributed by atoms with Gasteiger partial charge in [0.2, 0.25) is 0 Å². The zero-order chi connectivity index (χ0) is 18.8. The average molecular weight is 386 g/mol. The number of ether oxygens (including phenoxy) is 4. The summed E-state index contributed by atoms with van der Waals surface area (Å²) < 4.78 is 24.7. The minimum atomic E-state index is -0.364. The maximum atomic E-state index is 12.2. The first-order valence-corrected chi connectivity index (χ1v) is 9.19. The van der Waals surface area contributed by atoms with E-state index in [0.29, 0.717) is 35.3 Å². The van der Waals surface area contributed by atoms with E-state index in [9.17, 15) is 4.79 Å². The zero-order valence-electron chi connectivity index (χ0n) is 14.9. The lowest BCUT2D eigenvalue weighted by Crippen LogP contribution is -2.17. The molecule has 0 saturated heterocycles. The molecule has 0 N–H and O–H groups in total. The van der Waals surface area contributed by atoms with Crippen LogP contribution in [0.3, 0.4) is 0 Å². The molecule has 140 valence electrons. The number of rotatable bonds is 4. The summed E-state index contributed by atoms with van der Waals surface area (Å²) in [5.41, 5.74) is 0.935. The first kappa shape index (κ1) is 17.4. The summed E-state index contributed by atoms with van der Waals surface area (Å²) in [7, 11) is 3.44. The number of thiazole rings is 1. The Labute approximate surface area is 159 Å². The minimum Gasteiger partial charge on any atom is -0.497 e. The van der Waals surface area contributed by atoms with Gasteiger partial charge < -0.3 is 23.5 Å². The molecular formula is C19H18N2O5S. The van der Waals surface area contributed by atoms with Gasteiger partial charge in [-0.15, -0.1) is 0 Å². The van der Waals surface area contributed by atoms with E-state index in [-0.39, 0.29) is 12.5 Å². The van der Waals surface area contributed by atoms with Crippen molar-refractivity contribution in [2.24, 2.45) is 12.0 Å². The Morgan fingerprint density at radius 2 is 1.93 bits per heavy atom. The van der Waals surface area contributed by atoms with Crippen LogP contribution in [-0.2, 0) is 11.8 Å². The molecule has 0 saturated carbocycles. The molecule has 1 aliphatic heterocycles. The zero-order valence-corrected chi connectivity index (χ0v) is 15.7. The number of carbonyl (C=O) groups is 1. The number of carbonyl (C=O) groups excluding carboxylic acids is 1. The summed E-state index contributed by atoms with van der Waals surface area (Å²) in [5, 5.41) is 0. The molecule has 0 fully saturated rings. The molecule has 0 spiro atoms. The lowest BCUT2D eigenvalue weighted by Gasteiger charge is -2.18. The van der Waals surface area contributed by atoms with Gasteiger partial charge in [-0.05, 0) is 12.1 Å². The molecule has 3 aromatic rings. The number of hydrogen-bond donors (Lipinski definition) is 0. The third-order valence-electron chi connectivity index (χ3n) is 4.10. The smallest absolute Gasteiger partial charge is 0.286 e. The number of nitrogens with zero attached hydrogens (tertiary/aromatic N) is 2. The summed E-state index contributed by atoms with van der Waals surface area (Å²) in [4.78, 5) is 17.0. The Bertz CT molecular complexity index is 1070. The molecule has 0 aliphatic carbocycles. The van der Waals surface area contributed by atoms with E-state index in [0.717, 1.165) is 16.0 Å². The van der Waals surface area contributed by atoms with Crippen LogP contribution >= 0.6 is 11.3 Å². The van der Waals surface area contributed by atoms with Gasteiger partial charge in [-0.25, -0.2) is 0 Å². The fraction of sp³-hybridized carbons (Fsp3) is 0.263. The predicted octanol–water partition coefficient (Wildman–Crippen LogP) is 2.53. The van der Waals surface area contributed by atoms with Crippen molar-refractivity contribution in [3.8, 4) is 23.0 Å². The summed E-state index contributed by atoms with van der Waals surface area (Å²) in [5.74, 6) is 2.29. The van der Waals surface area contributed by atoms with E-state index < -0.39 is 0 Å². The molecule has 0 atom stereocenters. The van der Waals surface area contributed by atoms with Crippen molar-refractivity contribution in [3.63, 3.8) is 0 Å². The average Bonchev–Trinajstić information content (AvgIpc) is 2.99. The predicted molar refractivity (Wildman–Crippen MR) is 101 cm³/mol. The number of aromatic nitrogens is 1. The number of hydrogen-bond acceptors (Lipinski definition) is 6. The van der Waals surface area contributed by atoms with Gasteiger partial charge in [0.15, 0.2) is 22.9 Å². The van der Waals surface area contributed by atoms with Crippen molar-refractivity contribution in [2.75, 3.05) is 26.9 Å². The highest BCUT2D eigenvalue weighted by molar-refractivity contribution is 7.16. The Morgan fingerprint density at radius 3 is 2.70 bits per heavy atom. The largest absolute Gasteiger partial charge is 0.497 e. The molecule has 0 bridgehead atoms. The van der Waals surface area contributed by atoms with Crippen LogP contribution < -0.4 is 23.7 Å². The second-order valence-electron chi connectivity index (χ2n) is 5.88. The second-order valence-corrected chi connectivity index (χ2v) is 6.89. The quantitative estimate of drug-likeness (QED) is 0.689. The number of fused-ring (bicyclic) bond motifs is 2. The standard InChI is InChI=1S/C19H18N2O5S/c1-21-14-9-15-16(25-7-6-24-15)10-17(14)27-19(21)20-18(22)11-26-13-5-3-4-12(8-13)23-2/h3-5,8-10H,6-7,11H2,1-2H3. The highest BCUT2D eigenvalue weighted by Gasteiger charge is 2.15. The summed E-state index contributed by atoms with van der Waals surface area (Å²) >= 11 is 1.42. The molecule has 1 aliphatic rings. The maximum Gasteiger partial charge on any atom is 0.286 e. The Morgan fingerprint density at radius 1 is 1.19 bits per heavy atom. The number of amides is 1. The minimum absolute atomic E-state index is 0.149. The van der Waals surface area contributed by atoms with Crippen molar-refractivity contribution < 1.29 is 23.7 Å². The van der Waals surface area contributed by atoms with Crippen molar-refractivity contribution in [2.45, 2.75) is 0 Å². The van der Waals surface area contributed by atoms with Crippen molar-refractivity contribution in [1.29, 1.82) is 0 Å². The highest BCUT2D eigenvalue weighted by atomic mass is 32.1. The van der Waals surface area contributed by atoms with Crippen LogP contribution in [0.2, 0.25) is 0 Å². The van der Waals surface area contributed by atoms with Crippen LogP contribution in [0, 0.1) is 0 Å². The first-order chi connectivity index (χ1) is 13.1. The molecule has 4 rings (SSSR count). The van der Waals surface area contributed by atoms with Gasteiger partial charge in [0.25, 0.3) is 5.91 Å². The molecule has 27 heavy (non-hydrogen) atoms. The number of methoxy groups -OCH3 is 1. The van der Waals surface area contributed by atoms with E-state index >= 15 is 0 Å². The van der Waals surface area contributed by atoms with E-state index in [4.69, 9.17) is 18.9 Å². The van der Waals surface area contributed by atoms with Crippen molar-refractivity contribution >= 4 is 27.5 Å². The summed E-state index contributed by atoms with van der Waals surface area (Å²) in [6, 6.07) is 10.9. The molecule has 2 aromatic carbocycles. The van der Waals surface area contributed by atoms with Gasteiger partial charge in [-0.1, -0.05) is 17.4 Å². The lowest BCUT2D eigenvalue weighted by molar-refractivity contribution is -0.120. The van der Waals surface area contributed by atoms with Gasteiger partial charge in [0.05, 0.1) is 17.3 Å². The normalized spacial score (nSPS) is 13.6. The van der Waals surface area contributed by atoms with E-state index in [1.807, 2.05) is 29.8 Å². The van der Waals surface area contributed by atoms with Gasteiger partial charge >= 0.3 is 0 Å². The Hall–Kier alpha value is -3.00. The number of benzene rings is 2. The SMILES string of the molecule is COc1cccc(OCC(=O)N=c2sc3cc4c(cc3n2C)OCCO4)c1. The molecule has 1 aromatic heterocycles. The number of aryl methyl sites for hydroxylation is 1. The van der Waals surface area contributed by atoms with Gasteiger partial charge in [0.1, 0.15) is 24.7 Å². The molecule has 0 unspecified atom stereocenters. The van der Waals surface area contributed by atoms with Gasteiger partial charge in [-0.2, -0.15) is 4.99 Å². The Balaban J connectivity index is 1.56. The van der Waals surface area contributed by atoms with Crippen LogP contribution in [0.25, 0.3) is 10.2 Å². The van der Waals surface area contributed by atoms with Crippen LogP contribution in [0.15, 0.2) is 41.4 Å². The van der Waals surface area contributed by atoms with E-state index in [2.05, 4.69) is 4.99 Å². The maximum absolute atomic E-state index is 12.2. The fourth-order valence-electron chi connectivity index (χ4n) is 2.75. The van der Waals surface area contributed by atoms with E-state index in [1.165, 1.54) is 11.3 Å². The third kappa shape index (κ3) is 3.61. The van der Waals surface area contributed by atoms with Crippen LogP contribution in [0.1, 0.15) is 0 Å². The van der Waals surface area contributed by atoms with E-state index in [1.54, 1.807) is 25.3 Å². The highest BCUT2D eigenvalue weighted by Crippen LogP contribution is 2.35. The third-order valence-corrected chi connectivity index (χ3v) is 5.19. The first-order valence-electron chi connectivity index (χ1n) is 8.37. The molecule has 1 amide bonds. The molecule has 8 heteroatoms. The molecular weight excluding hydrogens is 368 g/mol. The molecule has 7 nitrogen and oxygen atoms in total. The van der Waals surface area contributed by atoms with Crippen LogP contribution in [0.4, 0.5) is 0 Å². The fourth-order valence-corrected chi connectivity index (χ4v) is 3.79. The Kier molecular flexibility index (Phi) is 4.72. The van der Waals surface area contributed by atoms with Crippen LogP contribution in [-0.4, -0.2) is 37.4 Å². The van der Waals surface area contributed by atoms with Gasteiger partial charge in [0, 0.05) is 25.2 Å². The second kappa shape index (κ2) is 7.32.